The van der Waals surface area contributed by atoms with Gasteiger partial charge in [-0.1, -0.05) is 12.1 Å². The smallest absolute Gasteiger partial charge is 0.535 e. The summed E-state index contributed by atoms with van der Waals surface area (Å²) in [5, 5.41) is 17.2. The van der Waals surface area contributed by atoms with Gasteiger partial charge in [0.2, 0.25) is 0 Å². The highest BCUT2D eigenvalue weighted by Crippen LogP contribution is 2.23. The Morgan fingerprint density at radius 3 is 2.60 bits per heavy atom. The Morgan fingerprint density at radius 2 is 2.00 bits per heavy atom. The van der Waals surface area contributed by atoms with Gasteiger partial charge < -0.3 is 14.8 Å². The zero-order valence-electron chi connectivity index (χ0n) is 5.19. The third-order valence-electron chi connectivity index (χ3n) is 1.04. The first-order valence-electron chi connectivity index (χ1n) is 2.75. The van der Waals surface area contributed by atoms with Crippen LogP contribution in [0.25, 0.3) is 0 Å². The second kappa shape index (κ2) is 3.13. The van der Waals surface area contributed by atoms with Crippen molar-refractivity contribution in [2.75, 3.05) is 0 Å². The van der Waals surface area contributed by atoms with Gasteiger partial charge >= 0.3 is 7.69 Å². The quantitative estimate of drug-likeness (QED) is 0.576. The summed E-state index contributed by atoms with van der Waals surface area (Å²) < 4.78 is 4.52. The van der Waals surface area contributed by atoms with Crippen molar-refractivity contribution in [2.24, 2.45) is 0 Å². The third kappa shape index (κ3) is 1.42. The number of rotatable bonds is 2. The molecule has 1 radical (unpaired) electrons. The van der Waals surface area contributed by atoms with Crippen LogP contribution < -0.4 is 4.65 Å². The number of phenols is 1. The predicted octanol–water partition coefficient (Wildman–Crippen LogP) is 0.297. The van der Waals surface area contributed by atoms with Gasteiger partial charge in [0.1, 0.15) is 5.75 Å². The van der Waals surface area contributed by atoms with E-state index in [2.05, 4.69) is 4.65 Å². The molecule has 51 valence electrons. The minimum absolute atomic E-state index is 0.00722. The Hall–Kier alpha value is -1.16. The molecule has 0 aromatic heterocycles. The summed E-state index contributed by atoms with van der Waals surface area (Å²) in [4.78, 5) is 0. The summed E-state index contributed by atoms with van der Waals surface area (Å²) in [7, 11) is 0.523. The fourth-order valence-electron chi connectivity index (χ4n) is 0.614. The molecule has 0 atom stereocenters. The second-order valence-corrected chi connectivity index (χ2v) is 1.69. The lowest BCUT2D eigenvalue weighted by Crippen LogP contribution is -1.99. The first-order chi connectivity index (χ1) is 4.84. The van der Waals surface area contributed by atoms with Crippen LogP contribution >= 0.6 is 0 Å². The van der Waals surface area contributed by atoms with E-state index in [0.29, 0.717) is 7.69 Å². The van der Waals surface area contributed by atoms with Gasteiger partial charge in [0.15, 0.2) is 5.75 Å². The molecule has 0 heterocycles. The van der Waals surface area contributed by atoms with Crippen molar-refractivity contribution in [1.82, 2.24) is 0 Å². The number of aromatic hydroxyl groups is 1. The maximum Gasteiger partial charge on any atom is 0.569 e. The minimum Gasteiger partial charge on any atom is -0.535 e. The molecule has 0 aliphatic carbocycles. The van der Waals surface area contributed by atoms with Gasteiger partial charge in [-0.25, -0.2) is 0 Å². The number of para-hydroxylation sites is 2. The lowest BCUT2D eigenvalue weighted by atomic mass is 10.3. The number of benzene rings is 1. The first-order valence-corrected chi connectivity index (χ1v) is 2.75. The van der Waals surface area contributed by atoms with Crippen LogP contribution in [0, 0.1) is 0 Å². The monoisotopic (exact) mass is 137 g/mol. The summed E-state index contributed by atoms with van der Waals surface area (Å²) >= 11 is 0. The van der Waals surface area contributed by atoms with Crippen LogP contribution in [-0.4, -0.2) is 17.8 Å². The molecule has 1 aromatic rings. The van der Waals surface area contributed by atoms with E-state index < -0.39 is 0 Å². The zero-order chi connectivity index (χ0) is 7.40. The van der Waals surface area contributed by atoms with Crippen molar-refractivity contribution >= 4 is 7.69 Å². The third-order valence-corrected chi connectivity index (χ3v) is 1.04. The molecular weight excluding hydrogens is 131 g/mol. The van der Waals surface area contributed by atoms with Gasteiger partial charge in [-0.05, 0) is 12.1 Å². The summed E-state index contributed by atoms with van der Waals surface area (Å²) in [6.07, 6.45) is 0. The molecule has 4 heteroatoms. The van der Waals surface area contributed by atoms with Gasteiger partial charge in [0, 0.05) is 0 Å². The molecule has 0 saturated heterocycles. The molecular formula is C6H6BO3. The van der Waals surface area contributed by atoms with Crippen LogP contribution in [0.4, 0.5) is 0 Å². The predicted molar refractivity (Wildman–Crippen MR) is 36.7 cm³/mol. The summed E-state index contributed by atoms with van der Waals surface area (Å²) in [5.74, 6) is 0.248. The molecule has 0 amide bonds. The van der Waals surface area contributed by atoms with Crippen LogP contribution in [0.15, 0.2) is 24.3 Å². The van der Waals surface area contributed by atoms with Crippen molar-refractivity contribution in [3.8, 4) is 11.5 Å². The van der Waals surface area contributed by atoms with Gasteiger partial charge in [-0.15, -0.1) is 0 Å². The van der Waals surface area contributed by atoms with E-state index in [9.17, 15) is 0 Å². The van der Waals surface area contributed by atoms with Crippen molar-refractivity contribution in [1.29, 1.82) is 0 Å². The van der Waals surface area contributed by atoms with E-state index in [0.717, 1.165) is 0 Å². The topological polar surface area (TPSA) is 49.7 Å². The normalized spacial score (nSPS) is 8.90. The molecule has 0 spiro atoms. The highest BCUT2D eigenvalue weighted by molar-refractivity contribution is 6.17. The molecule has 2 N–H and O–H groups in total. The summed E-state index contributed by atoms with van der Waals surface area (Å²) in [5.41, 5.74) is 0. The van der Waals surface area contributed by atoms with Crippen LogP contribution in [-0.2, 0) is 0 Å². The fraction of sp³-hybridized carbons (Fsp3) is 0. The van der Waals surface area contributed by atoms with Crippen molar-refractivity contribution in [2.45, 2.75) is 0 Å². The van der Waals surface area contributed by atoms with Crippen LogP contribution in [0.3, 0.4) is 0 Å². The van der Waals surface area contributed by atoms with Crippen LogP contribution in [0.1, 0.15) is 0 Å². The first kappa shape index (κ1) is 6.96. The van der Waals surface area contributed by atoms with E-state index in [1.54, 1.807) is 18.2 Å². The number of hydrogen-bond donors (Lipinski definition) is 2. The van der Waals surface area contributed by atoms with E-state index in [1.807, 2.05) is 0 Å². The molecule has 3 nitrogen and oxygen atoms in total. The highest BCUT2D eigenvalue weighted by atomic mass is 16.5. The molecule has 0 aliphatic heterocycles. The maximum atomic E-state index is 8.99. The van der Waals surface area contributed by atoms with Gasteiger partial charge in [-0.2, -0.15) is 0 Å². The summed E-state index contributed by atoms with van der Waals surface area (Å²) in [6, 6.07) is 6.37. The minimum atomic E-state index is 0.00722. The van der Waals surface area contributed by atoms with Crippen LogP contribution in [0.5, 0.6) is 11.5 Å². The zero-order valence-corrected chi connectivity index (χ0v) is 5.19. The lowest BCUT2D eigenvalue weighted by molar-refractivity contribution is 0.410. The molecule has 1 aromatic carbocycles. The second-order valence-electron chi connectivity index (χ2n) is 1.69. The maximum absolute atomic E-state index is 8.99. The van der Waals surface area contributed by atoms with Crippen molar-refractivity contribution < 1.29 is 14.8 Å². The van der Waals surface area contributed by atoms with E-state index >= 15 is 0 Å². The largest absolute Gasteiger partial charge is 0.569 e. The van der Waals surface area contributed by atoms with Crippen molar-refractivity contribution in [3.05, 3.63) is 24.3 Å². The lowest BCUT2D eigenvalue weighted by Gasteiger charge is -2.01. The Balaban J connectivity index is 2.81. The molecule has 0 fully saturated rings. The van der Waals surface area contributed by atoms with E-state index in [-0.39, 0.29) is 11.5 Å². The average molecular weight is 137 g/mol. The molecule has 0 unspecified atom stereocenters. The Kier molecular flexibility index (Phi) is 2.17. The molecule has 0 saturated carbocycles. The molecule has 1 rings (SSSR count). The molecule has 10 heavy (non-hydrogen) atoms. The van der Waals surface area contributed by atoms with E-state index in [1.165, 1.54) is 6.07 Å². The Labute approximate surface area is 59.2 Å². The Morgan fingerprint density at radius 1 is 1.30 bits per heavy atom. The van der Waals surface area contributed by atoms with Crippen LogP contribution in [0.2, 0.25) is 0 Å². The van der Waals surface area contributed by atoms with E-state index in [4.69, 9.17) is 10.1 Å². The van der Waals surface area contributed by atoms with Crippen molar-refractivity contribution in [3.63, 3.8) is 0 Å². The van der Waals surface area contributed by atoms with Gasteiger partial charge in [-0.3, -0.25) is 0 Å². The SMILES string of the molecule is O[B]Oc1ccccc1O. The van der Waals surface area contributed by atoms with Gasteiger partial charge in [0.05, 0.1) is 0 Å². The number of hydrogen-bond acceptors (Lipinski definition) is 3. The molecule has 0 aliphatic rings. The highest BCUT2D eigenvalue weighted by Gasteiger charge is 1.98. The average Bonchev–Trinajstić information content (AvgIpc) is 1.94. The fourth-order valence-corrected chi connectivity index (χ4v) is 0.614. The Bertz CT molecular complexity index is 214. The molecule has 0 bridgehead atoms. The standard InChI is InChI=1S/C6H6BO3/c8-5-3-1-2-4-6(5)10-7-9/h1-4,8-9H. The summed E-state index contributed by atoms with van der Waals surface area (Å²) in [6.45, 7) is 0. The van der Waals surface area contributed by atoms with Gasteiger partial charge in [0.25, 0.3) is 0 Å². The number of phenolic OH excluding ortho intramolecular Hbond substituents is 1.